The third-order valence-corrected chi connectivity index (χ3v) is 0. The molecule has 0 aromatic heterocycles. The molecule has 0 aliphatic heterocycles. The second-order valence-electron chi connectivity index (χ2n) is 0. The molecule has 0 unspecified atom stereocenters. The van der Waals surface area contributed by atoms with E-state index < -0.39 is 0 Å². The zero-order valence-corrected chi connectivity index (χ0v) is 6.35. The molecular weight excluding hydrogens is 155 g/mol. The second-order valence-corrected chi connectivity index (χ2v) is 0. The number of hydrogen-bond acceptors (Lipinski definition) is 1. The molecule has 12 N–H and O–H groups in total. The van der Waals surface area contributed by atoms with Crippen molar-refractivity contribution in [2.24, 2.45) is 0 Å². The van der Waals surface area contributed by atoms with Crippen LogP contribution in [0.5, 0.6) is 0 Å². The van der Waals surface area contributed by atoms with Gasteiger partial charge in [0.05, 0.1) is 0 Å². The Bertz CT molecular complexity index is 8.49. The average Bonchev–Trinajstić information content (AvgIpc) is 1.00. The van der Waals surface area contributed by atoms with Gasteiger partial charge in [-0.25, -0.2) is 0 Å². The Labute approximate surface area is 58.6 Å². The van der Waals surface area contributed by atoms with Crippen molar-refractivity contribution in [3.63, 3.8) is 0 Å². The van der Waals surface area contributed by atoms with Crippen molar-refractivity contribution < 1.29 is 32.9 Å². The first-order valence-corrected chi connectivity index (χ1v) is 2.60. The van der Waals surface area contributed by atoms with Crippen LogP contribution < -0.4 is 0 Å². The van der Waals surface area contributed by atoms with Gasteiger partial charge in [-0.15, -0.1) is 0 Å². The molecule has 0 radical (unpaired) electrons. The maximum atomic E-state index is 4.11. The van der Waals surface area contributed by atoms with Crippen LogP contribution in [0.2, 0.25) is 0 Å². The fraction of sp³-hybridized carbons (Fsp3) is 0. The maximum absolute atomic E-state index is 4.11. The van der Waals surface area contributed by atoms with E-state index in [1.807, 2.05) is 0 Å². The molecule has 0 heterocycles. The topological polar surface area (TPSA) is 189 Å². The third-order valence-electron chi connectivity index (χ3n) is 0. The molecule has 0 aliphatic rings. The van der Waals surface area contributed by atoms with Gasteiger partial charge in [-0.1, -0.05) is 0 Å². The van der Waals surface area contributed by atoms with Crippen LogP contribution in [0.25, 0.3) is 0 Å². The first-order chi connectivity index (χ1) is 1.00. The predicted molar refractivity (Wildman–Crippen MR) is 36.4 cm³/mol. The van der Waals surface area contributed by atoms with Gasteiger partial charge in [0.2, 0.25) is 0 Å². The van der Waals surface area contributed by atoms with Crippen LogP contribution >= 0.6 is 10.5 Å². The summed E-state index contributed by atoms with van der Waals surface area (Å²) in [6.45, 7) is 0. The summed E-state index contributed by atoms with van der Waals surface area (Å²) >= 11 is 1.44. The Kier molecular flexibility index (Phi) is 31800. The van der Waals surface area contributed by atoms with Gasteiger partial charge in [-0.05, 0) is 0 Å². The van der Waals surface area contributed by atoms with Gasteiger partial charge in [0.15, 0.2) is 0 Å². The summed E-state index contributed by atoms with van der Waals surface area (Å²) in [7, 11) is 4.11. The first-order valence-electron chi connectivity index (χ1n) is 0.289. The predicted octanol–water partition coefficient (Wildman–Crippen LogP) is -4.95. The van der Waals surface area contributed by atoms with Crippen molar-refractivity contribution in [1.82, 2.24) is 0 Å². The summed E-state index contributed by atoms with van der Waals surface area (Å²) in [6, 6.07) is 0. The molecule has 0 aromatic rings. The zero-order chi connectivity index (χ0) is 2.00. The molecule has 8 heteroatoms. The van der Waals surface area contributed by atoms with E-state index in [1.54, 1.807) is 0 Å². The number of hydrogen-bond donors (Lipinski definition) is 0. The summed E-state index contributed by atoms with van der Waals surface area (Å²) in [5, 5.41) is 0. The molecule has 0 aliphatic carbocycles. The van der Waals surface area contributed by atoms with Gasteiger partial charge in [0.25, 0.3) is 0 Å². The van der Waals surface area contributed by atoms with Crippen molar-refractivity contribution in [1.29, 1.82) is 0 Å². The molecule has 0 atom stereocenters. The molecule has 0 rings (SSSR count). The minimum absolute atomic E-state index is 0. The summed E-state index contributed by atoms with van der Waals surface area (Å²) in [6.07, 6.45) is 0. The van der Waals surface area contributed by atoms with Crippen molar-refractivity contribution >= 4 is 25.1 Å². The average molecular weight is 168 g/mol. The summed E-state index contributed by atoms with van der Waals surface area (Å²) < 4.78 is 0. The van der Waals surface area contributed by atoms with E-state index in [4.69, 9.17) is 0 Å². The minimum atomic E-state index is 0. The molecule has 0 aromatic carbocycles. The van der Waals surface area contributed by atoms with Crippen LogP contribution in [-0.4, -0.2) is 47.5 Å². The molecule has 0 saturated heterocycles. The van der Waals surface area contributed by atoms with E-state index in [0.29, 0.717) is 0 Å². The van der Waals surface area contributed by atoms with Crippen LogP contribution in [0.3, 0.4) is 0 Å². The Hall–Kier alpha value is 0.512. The molecule has 0 spiro atoms. The molecule has 58 valence electrons. The van der Waals surface area contributed by atoms with E-state index in [1.165, 1.54) is 14.6 Å². The van der Waals surface area contributed by atoms with Gasteiger partial charge in [0, 0.05) is 0 Å². The molecule has 0 fully saturated rings. The Morgan fingerprint density at radius 2 is 0.500 bits per heavy atom. The van der Waals surface area contributed by atoms with Crippen molar-refractivity contribution in [3.8, 4) is 0 Å². The van der Waals surface area contributed by atoms with E-state index in [9.17, 15) is 0 Å². The Balaban J connectivity index is -0.000000000333. The van der Waals surface area contributed by atoms with Crippen LogP contribution in [0, 0.1) is 0 Å². The molecule has 0 bridgehead atoms. The molecular formula is H13AlO6S. The Morgan fingerprint density at radius 1 is 0.500 bits per heavy atom. The zero-order valence-electron chi connectivity index (χ0n) is 4.12. The fourth-order valence-corrected chi connectivity index (χ4v) is 0. The summed E-state index contributed by atoms with van der Waals surface area (Å²) in [4.78, 5) is 0. The van der Waals surface area contributed by atoms with Crippen LogP contribution in [-0.2, 0) is 0 Å². The normalized spacial score (nSPS) is 0.375. The van der Waals surface area contributed by atoms with E-state index in [0.717, 1.165) is 0 Å². The quantitative estimate of drug-likeness (QED) is 0.322. The van der Waals surface area contributed by atoms with E-state index in [-0.39, 0.29) is 32.9 Å². The van der Waals surface area contributed by atoms with Crippen molar-refractivity contribution in [2.45, 2.75) is 0 Å². The van der Waals surface area contributed by atoms with E-state index in [2.05, 4.69) is 10.5 Å². The van der Waals surface area contributed by atoms with Crippen molar-refractivity contribution in [2.75, 3.05) is 0 Å². The Morgan fingerprint density at radius 3 is 0.500 bits per heavy atom. The summed E-state index contributed by atoms with van der Waals surface area (Å²) in [5.41, 5.74) is 0. The van der Waals surface area contributed by atoms with Crippen molar-refractivity contribution in [3.05, 3.63) is 0 Å². The fourth-order valence-electron chi connectivity index (χ4n) is 0. The monoisotopic (exact) mass is 168 g/mol. The first kappa shape index (κ1) is 210. The summed E-state index contributed by atoms with van der Waals surface area (Å²) in [5.74, 6) is 0. The number of rotatable bonds is 0. The van der Waals surface area contributed by atoms with Crippen LogP contribution in [0.1, 0.15) is 0 Å². The van der Waals surface area contributed by atoms with Gasteiger partial charge in [0.1, 0.15) is 0 Å². The van der Waals surface area contributed by atoms with E-state index >= 15 is 0 Å². The molecule has 6 nitrogen and oxygen atoms in total. The molecule has 8 heavy (non-hydrogen) atoms. The van der Waals surface area contributed by atoms with Gasteiger partial charge in [-0.2, -0.15) is 0 Å². The second kappa shape index (κ2) is 1210. The van der Waals surface area contributed by atoms with Crippen LogP contribution in [0.4, 0.5) is 0 Å². The standard InChI is InChI=1S/Al.6H2O.S.H/h;6*1H2;;. The van der Waals surface area contributed by atoms with Gasteiger partial charge >= 0.3 is 25.1 Å². The SMILES string of the molecule is O.O.O.O.O.O.[AlH]=[S]. The van der Waals surface area contributed by atoms with Gasteiger partial charge < -0.3 is 32.9 Å². The van der Waals surface area contributed by atoms with Gasteiger partial charge in [-0.3, -0.25) is 0 Å². The third kappa shape index (κ3) is 754. The van der Waals surface area contributed by atoms with Crippen LogP contribution in [0.15, 0.2) is 0 Å². The molecule has 0 saturated carbocycles. The molecule has 0 amide bonds.